The Balaban J connectivity index is 1.65. The van der Waals surface area contributed by atoms with Gasteiger partial charge in [0.2, 0.25) is 5.91 Å². The van der Waals surface area contributed by atoms with E-state index in [1.165, 1.54) is 5.57 Å². The van der Waals surface area contributed by atoms with Crippen molar-refractivity contribution < 1.29 is 9.53 Å². The Labute approximate surface area is 258 Å². The fourth-order valence-electron chi connectivity index (χ4n) is 5.61. The van der Waals surface area contributed by atoms with Gasteiger partial charge in [-0.2, -0.15) is 0 Å². The molecular weight excluding hydrogens is 566 g/mol. The number of pyridine rings is 1. The normalized spacial score (nSPS) is 19.6. The molecule has 0 bridgehead atoms. The van der Waals surface area contributed by atoms with Gasteiger partial charge in [-0.1, -0.05) is 44.5 Å². The highest BCUT2D eigenvalue weighted by atomic mass is 35.5. The number of allylic oxidation sites excluding steroid dienone is 1. The quantitative estimate of drug-likeness (QED) is 0.292. The smallest absolute Gasteiger partial charge is 0.229 e. The Morgan fingerprint density at radius 2 is 1.90 bits per heavy atom. The minimum absolute atomic E-state index is 0.0996. The molecule has 2 atom stereocenters. The van der Waals surface area contributed by atoms with Crippen molar-refractivity contribution in [3.8, 4) is 5.75 Å². The molecule has 5 rings (SSSR count). The van der Waals surface area contributed by atoms with E-state index in [0.29, 0.717) is 21.6 Å². The summed E-state index contributed by atoms with van der Waals surface area (Å²) in [5.41, 5.74) is 5.91. The number of aromatic nitrogens is 1. The van der Waals surface area contributed by atoms with E-state index in [4.69, 9.17) is 28.6 Å². The zero-order chi connectivity index (χ0) is 30.6. The number of hydrogen-bond acceptors (Lipinski definition) is 5. The SMILES string of the molecule is COc1cc(N2C(=S)NC(c3ccccn3)C2c2cc3c(cc2Cl)N(C)C(C)(C)C=C3C)ccc1NC(=O)C(C)(C)C. The van der Waals surface area contributed by atoms with Crippen LogP contribution in [0.5, 0.6) is 5.75 Å². The first-order chi connectivity index (χ1) is 19.7. The van der Waals surface area contributed by atoms with Gasteiger partial charge in [-0.15, -0.1) is 0 Å². The maximum absolute atomic E-state index is 12.7. The fourth-order valence-corrected chi connectivity index (χ4v) is 6.22. The monoisotopic (exact) mass is 603 g/mol. The molecule has 0 radical (unpaired) electrons. The molecule has 3 heterocycles. The number of anilines is 3. The van der Waals surface area contributed by atoms with Crippen molar-refractivity contribution in [3.63, 3.8) is 0 Å². The first-order valence-corrected chi connectivity index (χ1v) is 14.8. The van der Waals surface area contributed by atoms with Crippen LogP contribution in [0, 0.1) is 5.41 Å². The summed E-state index contributed by atoms with van der Waals surface area (Å²) in [6.07, 6.45) is 4.07. The van der Waals surface area contributed by atoms with Crippen molar-refractivity contribution in [3.05, 3.63) is 82.6 Å². The lowest BCUT2D eigenvalue weighted by Gasteiger charge is -2.41. The first kappa shape index (κ1) is 29.9. The van der Waals surface area contributed by atoms with Crippen LogP contribution in [0.2, 0.25) is 5.02 Å². The number of rotatable bonds is 5. The molecule has 220 valence electrons. The number of hydrogen-bond donors (Lipinski definition) is 2. The summed E-state index contributed by atoms with van der Waals surface area (Å²) < 4.78 is 5.73. The van der Waals surface area contributed by atoms with Crippen molar-refractivity contribution in [1.82, 2.24) is 10.3 Å². The number of benzene rings is 2. The van der Waals surface area contributed by atoms with Crippen molar-refractivity contribution in [1.29, 1.82) is 0 Å². The summed E-state index contributed by atoms with van der Waals surface area (Å²) in [6, 6.07) is 15.2. The molecular formula is C33H38ClN5O2S. The number of carbonyl (C=O) groups excluding carboxylic acids is 1. The molecule has 2 aromatic carbocycles. The highest BCUT2D eigenvalue weighted by Crippen LogP contribution is 2.48. The summed E-state index contributed by atoms with van der Waals surface area (Å²) >= 11 is 13.1. The second kappa shape index (κ2) is 10.9. The minimum atomic E-state index is -0.551. The van der Waals surface area contributed by atoms with Crippen LogP contribution in [-0.4, -0.2) is 35.7 Å². The second-order valence-corrected chi connectivity index (χ2v) is 13.3. The Kier molecular flexibility index (Phi) is 7.75. The molecule has 0 saturated carbocycles. The molecule has 2 aliphatic rings. The molecule has 1 aromatic heterocycles. The Morgan fingerprint density at radius 3 is 2.55 bits per heavy atom. The first-order valence-electron chi connectivity index (χ1n) is 14.0. The van der Waals surface area contributed by atoms with Crippen LogP contribution in [0.25, 0.3) is 5.57 Å². The third-order valence-corrected chi connectivity index (χ3v) is 8.79. The summed E-state index contributed by atoms with van der Waals surface area (Å²) in [5, 5.41) is 7.70. The standard InChI is InChI=1S/C33H38ClN5O2S/c1-19-18-33(5,6)38(7)26-17-23(34)22(16-21(19)26)29-28(25-11-9-10-14-35-25)37-31(42)39(29)20-12-13-24(27(15-20)41-8)36-30(40)32(2,3)4/h9-18,28-29H,1-8H3,(H,36,40)(H,37,42). The van der Waals surface area contributed by atoms with Gasteiger partial charge in [0.15, 0.2) is 5.11 Å². The number of nitrogens with zero attached hydrogens (tertiary/aromatic N) is 3. The van der Waals surface area contributed by atoms with Crippen LogP contribution in [0.4, 0.5) is 17.1 Å². The van der Waals surface area contributed by atoms with Gasteiger partial charge in [-0.05, 0) is 80.5 Å². The zero-order valence-corrected chi connectivity index (χ0v) is 26.9. The average molecular weight is 604 g/mol. The number of nitrogens with one attached hydrogen (secondary N) is 2. The van der Waals surface area contributed by atoms with Gasteiger partial charge in [0.05, 0.1) is 36.1 Å². The maximum Gasteiger partial charge on any atom is 0.229 e. The lowest BCUT2D eigenvalue weighted by Crippen LogP contribution is -2.42. The van der Waals surface area contributed by atoms with Crippen molar-refractivity contribution in [2.24, 2.45) is 5.41 Å². The van der Waals surface area contributed by atoms with E-state index in [-0.39, 0.29) is 23.5 Å². The van der Waals surface area contributed by atoms with Crippen LogP contribution in [0.1, 0.15) is 70.4 Å². The molecule has 2 N–H and O–H groups in total. The van der Waals surface area contributed by atoms with E-state index in [0.717, 1.165) is 28.2 Å². The molecule has 1 fully saturated rings. The predicted molar refractivity (Wildman–Crippen MR) is 177 cm³/mol. The molecule has 0 aliphatic carbocycles. The van der Waals surface area contributed by atoms with E-state index in [1.54, 1.807) is 13.3 Å². The lowest BCUT2D eigenvalue weighted by atomic mass is 9.86. The summed E-state index contributed by atoms with van der Waals surface area (Å²) in [6.45, 7) is 12.2. The van der Waals surface area contributed by atoms with Crippen LogP contribution in [0.3, 0.4) is 0 Å². The third kappa shape index (κ3) is 5.34. The summed E-state index contributed by atoms with van der Waals surface area (Å²) in [7, 11) is 3.69. The largest absolute Gasteiger partial charge is 0.494 e. The van der Waals surface area contributed by atoms with E-state index < -0.39 is 5.41 Å². The Bertz CT molecular complexity index is 1580. The summed E-state index contributed by atoms with van der Waals surface area (Å²) in [5.74, 6) is 0.435. The number of halogens is 1. The van der Waals surface area contributed by atoms with Gasteiger partial charge in [0, 0.05) is 46.7 Å². The molecule has 2 unspecified atom stereocenters. The zero-order valence-electron chi connectivity index (χ0n) is 25.4. The summed E-state index contributed by atoms with van der Waals surface area (Å²) in [4.78, 5) is 21.7. The number of fused-ring (bicyclic) bond motifs is 1. The molecule has 3 aromatic rings. The highest BCUT2D eigenvalue weighted by Gasteiger charge is 2.43. The Hall–Kier alpha value is -3.62. The molecule has 0 spiro atoms. The molecule has 1 saturated heterocycles. The molecule has 42 heavy (non-hydrogen) atoms. The van der Waals surface area contributed by atoms with E-state index >= 15 is 0 Å². The van der Waals surface area contributed by atoms with Crippen molar-refractivity contribution >= 4 is 57.5 Å². The number of carbonyl (C=O) groups is 1. The van der Waals surface area contributed by atoms with E-state index in [9.17, 15) is 4.79 Å². The predicted octanol–water partition coefficient (Wildman–Crippen LogP) is 7.54. The number of thiocarbonyl (C=S) groups is 1. The molecule has 2 aliphatic heterocycles. The topological polar surface area (TPSA) is 69.7 Å². The fraction of sp³-hybridized carbons (Fsp3) is 0.364. The number of methoxy groups -OCH3 is 1. The van der Waals surface area contributed by atoms with Gasteiger partial charge < -0.3 is 25.2 Å². The number of likely N-dealkylation sites (N-methyl/N-ethyl adjacent to an activating group) is 1. The number of ether oxygens (including phenoxy) is 1. The van der Waals surface area contributed by atoms with Crippen LogP contribution >= 0.6 is 23.8 Å². The average Bonchev–Trinajstić information content (AvgIpc) is 3.28. The van der Waals surface area contributed by atoms with Gasteiger partial charge in [-0.3, -0.25) is 9.78 Å². The van der Waals surface area contributed by atoms with Crippen LogP contribution < -0.4 is 25.2 Å². The highest BCUT2D eigenvalue weighted by molar-refractivity contribution is 7.80. The van der Waals surface area contributed by atoms with Gasteiger partial charge in [-0.25, -0.2) is 0 Å². The lowest BCUT2D eigenvalue weighted by molar-refractivity contribution is -0.123. The van der Waals surface area contributed by atoms with Crippen LogP contribution in [0.15, 0.2) is 60.8 Å². The second-order valence-electron chi connectivity index (χ2n) is 12.5. The third-order valence-electron chi connectivity index (χ3n) is 8.14. The van der Waals surface area contributed by atoms with E-state index in [2.05, 4.69) is 71.4 Å². The van der Waals surface area contributed by atoms with E-state index in [1.807, 2.05) is 57.2 Å². The Morgan fingerprint density at radius 1 is 1.17 bits per heavy atom. The van der Waals surface area contributed by atoms with Crippen molar-refractivity contribution in [2.45, 2.75) is 59.2 Å². The minimum Gasteiger partial charge on any atom is -0.494 e. The van der Waals surface area contributed by atoms with Crippen LogP contribution in [-0.2, 0) is 4.79 Å². The van der Waals surface area contributed by atoms with Gasteiger partial charge in [0.25, 0.3) is 0 Å². The van der Waals surface area contributed by atoms with Gasteiger partial charge in [0.1, 0.15) is 5.75 Å². The molecule has 9 heteroatoms. The maximum atomic E-state index is 12.7. The molecule has 7 nitrogen and oxygen atoms in total. The molecule has 1 amide bonds. The van der Waals surface area contributed by atoms with Gasteiger partial charge >= 0.3 is 0 Å². The number of amides is 1. The van der Waals surface area contributed by atoms with Crippen molar-refractivity contribution in [2.75, 3.05) is 29.3 Å².